The zero-order valence-corrected chi connectivity index (χ0v) is 17.2. The van der Waals surface area contributed by atoms with Gasteiger partial charge in [-0.2, -0.15) is 9.97 Å². The van der Waals surface area contributed by atoms with Gasteiger partial charge in [0, 0.05) is 11.1 Å². The molecule has 0 bridgehead atoms. The normalized spacial score (nSPS) is 11.8. The van der Waals surface area contributed by atoms with Gasteiger partial charge in [0.05, 0.1) is 0 Å². The van der Waals surface area contributed by atoms with Crippen molar-refractivity contribution in [2.75, 3.05) is 0 Å². The van der Waals surface area contributed by atoms with Crippen LogP contribution in [-0.4, -0.2) is 20.1 Å². The van der Waals surface area contributed by atoms with Crippen LogP contribution in [0.15, 0.2) is 72.8 Å². The molecule has 5 nitrogen and oxygen atoms in total. The van der Waals surface area contributed by atoms with Crippen molar-refractivity contribution in [3.05, 3.63) is 89.5 Å². The number of benzene rings is 3. The number of nitrogens with zero attached hydrogens (tertiary/aromatic N) is 3. The van der Waals surface area contributed by atoms with Gasteiger partial charge in [0.15, 0.2) is 11.6 Å². The van der Waals surface area contributed by atoms with Gasteiger partial charge in [-0.05, 0) is 61.7 Å². The molecule has 0 fully saturated rings. The first-order chi connectivity index (χ1) is 14.5. The Balaban J connectivity index is 1.61. The van der Waals surface area contributed by atoms with E-state index >= 15 is 0 Å². The Bertz CT molecular complexity index is 1140. The van der Waals surface area contributed by atoms with Crippen LogP contribution in [0.25, 0.3) is 22.8 Å². The molecule has 0 amide bonds. The minimum atomic E-state index is -0.296. The van der Waals surface area contributed by atoms with E-state index in [1.54, 1.807) is 0 Å². The summed E-state index contributed by atoms with van der Waals surface area (Å²) in [6.45, 7) is 6.02. The van der Waals surface area contributed by atoms with Gasteiger partial charge in [0.25, 0.3) is 0 Å². The lowest BCUT2D eigenvalue weighted by Crippen LogP contribution is -2.03. The largest absolute Gasteiger partial charge is 0.486 e. The summed E-state index contributed by atoms with van der Waals surface area (Å²) < 4.78 is 6.04. The predicted octanol–water partition coefficient (Wildman–Crippen LogP) is 5.67. The van der Waals surface area contributed by atoms with Crippen molar-refractivity contribution < 1.29 is 9.84 Å². The number of aromatic hydroxyl groups is 1. The van der Waals surface area contributed by atoms with Gasteiger partial charge < -0.3 is 9.84 Å². The average Bonchev–Trinajstić information content (AvgIpc) is 2.74. The van der Waals surface area contributed by atoms with E-state index in [1.807, 2.05) is 93.6 Å². The quantitative estimate of drug-likeness (QED) is 0.470. The predicted molar refractivity (Wildman–Crippen MR) is 117 cm³/mol. The molecule has 1 heterocycles. The summed E-state index contributed by atoms with van der Waals surface area (Å²) in [5.41, 5.74) is 4.89. The summed E-state index contributed by atoms with van der Waals surface area (Å²) in [6.07, 6.45) is -0.0612. The molecule has 0 aliphatic rings. The van der Waals surface area contributed by atoms with Crippen LogP contribution in [0.1, 0.15) is 29.7 Å². The highest BCUT2D eigenvalue weighted by atomic mass is 16.5. The molecular formula is C25H23N3O2. The third-order valence-corrected chi connectivity index (χ3v) is 5.02. The summed E-state index contributed by atoms with van der Waals surface area (Å²) in [6, 6.07) is 23.3. The lowest BCUT2D eigenvalue weighted by molar-refractivity contribution is 0.227. The molecule has 1 N–H and O–H groups in total. The van der Waals surface area contributed by atoms with Crippen LogP contribution in [0.4, 0.5) is 0 Å². The number of aryl methyl sites for hydroxylation is 2. The van der Waals surface area contributed by atoms with Crippen LogP contribution in [0.5, 0.6) is 11.8 Å². The van der Waals surface area contributed by atoms with E-state index in [0.29, 0.717) is 11.6 Å². The number of ether oxygens (including phenoxy) is 1. The second-order valence-electron chi connectivity index (χ2n) is 7.24. The molecule has 0 spiro atoms. The van der Waals surface area contributed by atoms with Crippen molar-refractivity contribution in [3.8, 4) is 34.5 Å². The van der Waals surface area contributed by atoms with Crippen LogP contribution >= 0.6 is 0 Å². The minimum absolute atomic E-state index is 0.0612. The van der Waals surface area contributed by atoms with E-state index < -0.39 is 0 Å². The Hall–Kier alpha value is -3.73. The lowest BCUT2D eigenvalue weighted by Gasteiger charge is -2.15. The van der Waals surface area contributed by atoms with Crippen LogP contribution in [0, 0.1) is 13.8 Å². The van der Waals surface area contributed by atoms with Gasteiger partial charge in [0.1, 0.15) is 11.9 Å². The Morgan fingerprint density at radius 2 is 1.37 bits per heavy atom. The van der Waals surface area contributed by atoms with Gasteiger partial charge in [-0.25, -0.2) is 4.98 Å². The van der Waals surface area contributed by atoms with E-state index in [-0.39, 0.29) is 12.1 Å². The van der Waals surface area contributed by atoms with Gasteiger partial charge in [-0.15, -0.1) is 0 Å². The maximum Gasteiger partial charge on any atom is 0.318 e. The number of hydrogen-bond acceptors (Lipinski definition) is 5. The summed E-state index contributed by atoms with van der Waals surface area (Å²) in [5.74, 6) is 1.64. The average molecular weight is 397 g/mol. The fraction of sp³-hybridized carbons (Fsp3) is 0.160. The lowest BCUT2D eigenvalue weighted by atomic mass is 10.0. The van der Waals surface area contributed by atoms with Crippen LogP contribution in [0.3, 0.4) is 0 Å². The Morgan fingerprint density at radius 1 is 0.733 bits per heavy atom. The van der Waals surface area contributed by atoms with Crippen molar-refractivity contribution >= 4 is 0 Å². The first kappa shape index (κ1) is 19.6. The van der Waals surface area contributed by atoms with Gasteiger partial charge in [-0.1, -0.05) is 48.5 Å². The Morgan fingerprint density at radius 3 is 2.03 bits per heavy atom. The number of hydrogen-bond donors (Lipinski definition) is 1. The van der Waals surface area contributed by atoms with E-state index in [0.717, 1.165) is 33.6 Å². The molecule has 4 rings (SSSR count). The highest BCUT2D eigenvalue weighted by Crippen LogP contribution is 2.28. The molecule has 3 aromatic carbocycles. The van der Waals surface area contributed by atoms with Gasteiger partial charge in [0.2, 0.25) is 0 Å². The molecule has 1 atom stereocenters. The van der Waals surface area contributed by atoms with E-state index in [2.05, 4.69) is 15.0 Å². The first-order valence-electron chi connectivity index (χ1n) is 9.85. The molecule has 5 heteroatoms. The van der Waals surface area contributed by atoms with Crippen LogP contribution in [-0.2, 0) is 0 Å². The molecule has 0 unspecified atom stereocenters. The molecule has 1 aromatic heterocycles. The third kappa shape index (κ3) is 4.15. The fourth-order valence-electron chi connectivity index (χ4n) is 3.45. The van der Waals surface area contributed by atoms with Gasteiger partial charge in [-0.3, -0.25) is 0 Å². The zero-order valence-electron chi connectivity index (χ0n) is 17.2. The summed E-state index contributed by atoms with van der Waals surface area (Å²) in [5, 5.41) is 10.1. The second-order valence-corrected chi connectivity index (χ2v) is 7.24. The summed E-state index contributed by atoms with van der Waals surface area (Å²) in [4.78, 5) is 12.9. The standard InChI is InChI=1S/C25H23N3O2/c1-16-8-7-9-17(2)22(16)24-26-23(27-25(29)28-24)20-12-14-21(15-13-20)30-18(3)19-10-5-4-6-11-19/h4-15,18H,1-3H3,(H,26,27,28,29)/t18-/m0/s1. The van der Waals surface area contributed by atoms with Crippen LogP contribution < -0.4 is 4.74 Å². The van der Waals surface area contributed by atoms with E-state index in [9.17, 15) is 5.11 Å². The Labute approximate surface area is 176 Å². The van der Waals surface area contributed by atoms with Crippen molar-refractivity contribution in [1.82, 2.24) is 15.0 Å². The second kappa shape index (κ2) is 8.33. The topological polar surface area (TPSA) is 68.1 Å². The molecule has 0 radical (unpaired) electrons. The van der Waals surface area contributed by atoms with Crippen molar-refractivity contribution in [2.45, 2.75) is 26.9 Å². The SMILES string of the molecule is Cc1cccc(C)c1-c1nc(O)nc(-c2ccc(O[C@@H](C)c3ccccc3)cc2)n1. The Kier molecular flexibility index (Phi) is 5.44. The van der Waals surface area contributed by atoms with E-state index in [1.165, 1.54) is 0 Å². The van der Waals surface area contributed by atoms with Crippen molar-refractivity contribution in [2.24, 2.45) is 0 Å². The van der Waals surface area contributed by atoms with Crippen molar-refractivity contribution in [3.63, 3.8) is 0 Å². The number of aromatic nitrogens is 3. The molecule has 150 valence electrons. The van der Waals surface area contributed by atoms with Gasteiger partial charge >= 0.3 is 6.01 Å². The molecule has 0 saturated carbocycles. The van der Waals surface area contributed by atoms with Crippen LogP contribution in [0.2, 0.25) is 0 Å². The monoisotopic (exact) mass is 397 g/mol. The minimum Gasteiger partial charge on any atom is -0.486 e. The maximum atomic E-state index is 10.1. The van der Waals surface area contributed by atoms with Crippen molar-refractivity contribution in [1.29, 1.82) is 0 Å². The molecule has 0 aliphatic carbocycles. The zero-order chi connectivity index (χ0) is 21.1. The first-order valence-corrected chi connectivity index (χ1v) is 9.85. The molecule has 30 heavy (non-hydrogen) atoms. The highest BCUT2D eigenvalue weighted by Gasteiger charge is 2.14. The summed E-state index contributed by atoms with van der Waals surface area (Å²) >= 11 is 0. The maximum absolute atomic E-state index is 10.1. The molecule has 0 aliphatic heterocycles. The molecule has 0 saturated heterocycles. The highest BCUT2D eigenvalue weighted by molar-refractivity contribution is 5.67. The van der Waals surface area contributed by atoms with E-state index in [4.69, 9.17) is 4.74 Å². The number of rotatable bonds is 5. The molecule has 4 aromatic rings. The third-order valence-electron chi connectivity index (χ3n) is 5.02. The summed E-state index contributed by atoms with van der Waals surface area (Å²) in [7, 11) is 0. The fourth-order valence-corrected chi connectivity index (χ4v) is 3.45. The smallest absolute Gasteiger partial charge is 0.318 e. The molecular weight excluding hydrogens is 374 g/mol.